The van der Waals surface area contributed by atoms with Crippen LogP contribution in [0, 0.1) is 6.92 Å². The van der Waals surface area contributed by atoms with Gasteiger partial charge in [0.2, 0.25) is 0 Å². The van der Waals surface area contributed by atoms with Crippen LogP contribution in [-0.2, 0) is 0 Å². The van der Waals surface area contributed by atoms with E-state index in [0.717, 1.165) is 33.3 Å². The van der Waals surface area contributed by atoms with Gasteiger partial charge in [-0.2, -0.15) is 5.10 Å². The standard InChI is InChI=1S/C20H20N6S.C2H6/c1-13-3-8-19-23-17(11-26(19)10-13)15-4-6-16(7-5-15)25-22-9-20-24-18(12-27-20)14(2)21;1-2/h3-12,14,25H,21H2,1-2H3;1-2H3/b22-9+;. The topological polar surface area (TPSA) is 80.6 Å². The van der Waals surface area contributed by atoms with Crippen LogP contribution in [0.1, 0.15) is 43.1 Å². The molecule has 7 heteroatoms. The molecule has 0 saturated carbocycles. The van der Waals surface area contributed by atoms with Gasteiger partial charge in [-0.3, -0.25) is 5.43 Å². The molecule has 0 spiro atoms. The number of fused-ring (bicyclic) bond motifs is 1. The fourth-order valence-corrected chi connectivity index (χ4v) is 3.47. The SMILES string of the molecule is CC.Cc1ccc2nc(-c3ccc(N/N=C/c4nc(C(C)N)cs4)cc3)cn2c1. The second-order valence-electron chi connectivity index (χ2n) is 6.44. The van der Waals surface area contributed by atoms with E-state index in [0.29, 0.717) is 0 Å². The Labute approximate surface area is 175 Å². The smallest absolute Gasteiger partial charge is 0.137 e. The first-order valence-electron chi connectivity index (χ1n) is 9.64. The van der Waals surface area contributed by atoms with E-state index in [4.69, 9.17) is 5.73 Å². The van der Waals surface area contributed by atoms with Crippen molar-refractivity contribution >= 4 is 28.9 Å². The summed E-state index contributed by atoms with van der Waals surface area (Å²) in [7, 11) is 0. The summed E-state index contributed by atoms with van der Waals surface area (Å²) in [6, 6.07) is 12.1. The molecule has 0 fully saturated rings. The Bertz CT molecular complexity index is 1090. The minimum absolute atomic E-state index is 0.0626. The van der Waals surface area contributed by atoms with Crippen molar-refractivity contribution in [3.63, 3.8) is 0 Å². The predicted molar refractivity (Wildman–Crippen MR) is 123 cm³/mol. The highest BCUT2D eigenvalue weighted by Crippen LogP contribution is 2.22. The van der Waals surface area contributed by atoms with Gasteiger partial charge in [0.25, 0.3) is 0 Å². The Balaban J connectivity index is 0.00000117. The van der Waals surface area contributed by atoms with Crippen molar-refractivity contribution in [2.45, 2.75) is 33.7 Å². The van der Waals surface area contributed by atoms with Crippen molar-refractivity contribution in [1.29, 1.82) is 0 Å². The monoisotopic (exact) mass is 406 g/mol. The van der Waals surface area contributed by atoms with Gasteiger partial charge in [0, 0.05) is 29.4 Å². The van der Waals surface area contributed by atoms with E-state index in [2.05, 4.69) is 39.7 Å². The number of hydrogen-bond donors (Lipinski definition) is 2. The lowest BCUT2D eigenvalue weighted by Gasteiger charge is -2.01. The number of anilines is 1. The maximum Gasteiger partial charge on any atom is 0.137 e. The third-order valence-electron chi connectivity index (χ3n) is 4.15. The number of nitrogens with zero attached hydrogens (tertiary/aromatic N) is 4. The van der Waals surface area contributed by atoms with Gasteiger partial charge in [0.15, 0.2) is 0 Å². The Hall–Kier alpha value is -3.03. The van der Waals surface area contributed by atoms with E-state index < -0.39 is 0 Å². The number of benzene rings is 1. The summed E-state index contributed by atoms with van der Waals surface area (Å²) in [6.45, 7) is 7.99. The molecule has 0 aliphatic rings. The molecule has 4 aromatic rings. The molecule has 0 radical (unpaired) electrons. The van der Waals surface area contributed by atoms with Gasteiger partial charge in [0.05, 0.1) is 23.3 Å². The van der Waals surface area contributed by atoms with Crippen LogP contribution in [0.25, 0.3) is 16.9 Å². The fraction of sp³-hybridized carbons (Fsp3) is 0.227. The van der Waals surface area contributed by atoms with Crippen molar-refractivity contribution in [2.24, 2.45) is 10.8 Å². The van der Waals surface area contributed by atoms with Crippen LogP contribution in [0.15, 0.2) is 59.3 Å². The number of hydrogen-bond acceptors (Lipinski definition) is 6. The zero-order valence-corrected chi connectivity index (χ0v) is 17.9. The third kappa shape index (κ3) is 5.07. The minimum atomic E-state index is -0.0626. The molecule has 0 saturated heterocycles. The number of aromatic nitrogens is 3. The lowest BCUT2D eigenvalue weighted by Crippen LogP contribution is -2.05. The highest BCUT2D eigenvalue weighted by Gasteiger charge is 2.05. The molecule has 0 bridgehead atoms. The van der Waals surface area contributed by atoms with Crippen LogP contribution in [-0.4, -0.2) is 20.6 Å². The molecule has 6 nitrogen and oxygen atoms in total. The number of nitrogens with one attached hydrogen (secondary N) is 1. The predicted octanol–water partition coefficient (Wildman–Crippen LogP) is 5.26. The molecule has 4 rings (SSSR count). The first-order chi connectivity index (χ1) is 14.1. The maximum atomic E-state index is 5.82. The van der Waals surface area contributed by atoms with Crippen LogP contribution in [0.5, 0.6) is 0 Å². The molecule has 0 amide bonds. The molecule has 3 N–H and O–H groups in total. The maximum absolute atomic E-state index is 5.82. The summed E-state index contributed by atoms with van der Waals surface area (Å²) in [6.07, 6.45) is 5.82. The Morgan fingerprint density at radius 3 is 2.55 bits per heavy atom. The molecule has 29 heavy (non-hydrogen) atoms. The van der Waals surface area contributed by atoms with Gasteiger partial charge < -0.3 is 10.1 Å². The van der Waals surface area contributed by atoms with Crippen molar-refractivity contribution < 1.29 is 0 Å². The molecule has 1 atom stereocenters. The van der Waals surface area contributed by atoms with Crippen molar-refractivity contribution in [3.05, 3.63) is 70.4 Å². The van der Waals surface area contributed by atoms with Crippen LogP contribution in [0.2, 0.25) is 0 Å². The number of thiazole rings is 1. The zero-order chi connectivity index (χ0) is 20.8. The molecular formula is C22H26N6S. The summed E-state index contributed by atoms with van der Waals surface area (Å²) in [5, 5.41) is 7.02. The molecule has 0 aliphatic carbocycles. The molecule has 3 heterocycles. The van der Waals surface area contributed by atoms with E-state index in [1.165, 1.54) is 16.9 Å². The normalized spacial score (nSPS) is 12.0. The Morgan fingerprint density at radius 1 is 1.10 bits per heavy atom. The Kier molecular flexibility index (Phi) is 6.74. The second kappa shape index (κ2) is 9.45. The average molecular weight is 407 g/mol. The first-order valence-corrected chi connectivity index (χ1v) is 10.5. The van der Waals surface area contributed by atoms with Crippen LogP contribution < -0.4 is 11.2 Å². The van der Waals surface area contributed by atoms with Crippen LogP contribution in [0.3, 0.4) is 0 Å². The average Bonchev–Trinajstić information content (AvgIpc) is 3.37. The van der Waals surface area contributed by atoms with Gasteiger partial charge >= 0.3 is 0 Å². The molecule has 0 aliphatic heterocycles. The highest BCUT2D eigenvalue weighted by atomic mass is 32.1. The van der Waals surface area contributed by atoms with Crippen LogP contribution in [0.4, 0.5) is 5.69 Å². The highest BCUT2D eigenvalue weighted by molar-refractivity contribution is 7.11. The summed E-state index contributed by atoms with van der Waals surface area (Å²) >= 11 is 1.52. The lowest BCUT2D eigenvalue weighted by atomic mass is 10.1. The van der Waals surface area contributed by atoms with E-state index in [9.17, 15) is 0 Å². The molecule has 3 aromatic heterocycles. The van der Waals surface area contributed by atoms with Gasteiger partial charge in [-0.1, -0.05) is 32.0 Å². The summed E-state index contributed by atoms with van der Waals surface area (Å²) < 4.78 is 2.05. The summed E-state index contributed by atoms with van der Waals surface area (Å²) in [5.74, 6) is 0. The van der Waals surface area contributed by atoms with Gasteiger partial charge in [-0.15, -0.1) is 11.3 Å². The molecule has 1 unspecified atom stereocenters. The number of imidazole rings is 1. The summed E-state index contributed by atoms with van der Waals surface area (Å²) in [5.41, 5.74) is 14.8. The van der Waals surface area contributed by atoms with E-state index in [1.54, 1.807) is 6.21 Å². The van der Waals surface area contributed by atoms with E-state index in [-0.39, 0.29) is 6.04 Å². The lowest BCUT2D eigenvalue weighted by molar-refractivity contribution is 0.789. The largest absolute Gasteiger partial charge is 0.323 e. The first kappa shape index (κ1) is 20.7. The summed E-state index contributed by atoms with van der Waals surface area (Å²) in [4.78, 5) is 9.08. The van der Waals surface area contributed by atoms with Gasteiger partial charge in [0.1, 0.15) is 10.7 Å². The van der Waals surface area contributed by atoms with Crippen molar-refractivity contribution in [1.82, 2.24) is 14.4 Å². The van der Waals surface area contributed by atoms with Gasteiger partial charge in [-0.25, -0.2) is 9.97 Å². The van der Waals surface area contributed by atoms with Crippen molar-refractivity contribution in [3.8, 4) is 11.3 Å². The van der Waals surface area contributed by atoms with E-state index >= 15 is 0 Å². The van der Waals surface area contributed by atoms with Crippen LogP contribution >= 0.6 is 11.3 Å². The van der Waals surface area contributed by atoms with Gasteiger partial charge in [-0.05, 0) is 37.6 Å². The second-order valence-corrected chi connectivity index (χ2v) is 7.33. The van der Waals surface area contributed by atoms with E-state index in [1.807, 2.05) is 67.1 Å². The number of nitrogens with two attached hydrogens (primary N) is 1. The number of hydrazone groups is 1. The number of aryl methyl sites for hydroxylation is 1. The molecule has 1 aromatic carbocycles. The Morgan fingerprint density at radius 2 is 1.86 bits per heavy atom. The third-order valence-corrected chi connectivity index (χ3v) is 4.95. The fourth-order valence-electron chi connectivity index (χ4n) is 2.69. The zero-order valence-electron chi connectivity index (χ0n) is 17.1. The quantitative estimate of drug-likeness (QED) is 0.350. The number of pyridine rings is 1. The number of rotatable bonds is 5. The molecule has 150 valence electrons. The van der Waals surface area contributed by atoms with Crippen molar-refractivity contribution in [2.75, 3.05) is 5.43 Å². The minimum Gasteiger partial charge on any atom is -0.323 e. The molecular weight excluding hydrogens is 380 g/mol.